The van der Waals surface area contributed by atoms with Crippen molar-refractivity contribution >= 4 is 0 Å². The van der Waals surface area contributed by atoms with E-state index < -0.39 is 0 Å². The van der Waals surface area contributed by atoms with Gasteiger partial charge in [0.15, 0.2) is 0 Å². The third kappa shape index (κ3) is 3.22. The normalized spacial score (nSPS) is 11.0. The Hall–Kier alpha value is -1.05. The van der Waals surface area contributed by atoms with Crippen molar-refractivity contribution in [1.29, 1.82) is 0 Å². The molecule has 0 aliphatic carbocycles. The summed E-state index contributed by atoms with van der Waals surface area (Å²) in [5.74, 6) is 0.608. The van der Waals surface area contributed by atoms with Gasteiger partial charge in [-0.3, -0.25) is 4.79 Å². The van der Waals surface area contributed by atoms with Gasteiger partial charge in [0, 0.05) is 11.8 Å². The van der Waals surface area contributed by atoms with Crippen molar-refractivity contribution in [3.63, 3.8) is 0 Å². The van der Waals surface area contributed by atoms with Gasteiger partial charge in [-0.2, -0.15) is 0 Å². The fraction of sp³-hybridized carbons (Fsp3) is 0.643. The van der Waals surface area contributed by atoms with Crippen LogP contribution in [-0.2, 0) is 6.42 Å². The summed E-state index contributed by atoms with van der Waals surface area (Å²) in [5.41, 5.74) is 2.29. The lowest BCUT2D eigenvalue weighted by Gasteiger charge is -2.16. The number of hydrogen-bond acceptors (Lipinski definition) is 1. The van der Waals surface area contributed by atoms with Crippen LogP contribution in [0.5, 0.6) is 0 Å². The first-order valence-corrected chi connectivity index (χ1v) is 6.44. The Bertz CT molecular complexity index is 361. The van der Waals surface area contributed by atoms with E-state index in [2.05, 4.69) is 24.9 Å². The zero-order valence-electron chi connectivity index (χ0n) is 10.7. The van der Waals surface area contributed by atoms with E-state index in [0.29, 0.717) is 5.92 Å². The molecule has 1 N–H and O–H groups in total. The Morgan fingerprint density at radius 3 is 2.31 bits per heavy atom. The Morgan fingerprint density at radius 1 is 1.19 bits per heavy atom. The molecule has 1 rings (SSSR count). The molecule has 1 heterocycles. The second kappa shape index (κ2) is 6.51. The van der Waals surface area contributed by atoms with E-state index >= 15 is 0 Å². The molecule has 90 valence electrons. The Balaban J connectivity index is 2.95. The third-order valence-corrected chi connectivity index (χ3v) is 3.13. The molecule has 16 heavy (non-hydrogen) atoms. The highest BCUT2D eigenvalue weighted by Gasteiger charge is 2.11. The van der Waals surface area contributed by atoms with Crippen LogP contribution in [0.3, 0.4) is 0 Å². The van der Waals surface area contributed by atoms with Gasteiger partial charge < -0.3 is 4.98 Å². The maximum absolute atomic E-state index is 11.5. The van der Waals surface area contributed by atoms with Crippen molar-refractivity contribution in [1.82, 2.24) is 4.98 Å². The van der Waals surface area contributed by atoms with E-state index in [1.807, 2.05) is 13.1 Å². The van der Waals surface area contributed by atoms with Crippen molar-refractivity contribution in [3.05, 3.63) is 33.7 Å². The smallest absolute Gasteiger partial charge is 0.251 e. The van der Waals surface area contributed by atoms with E-state index in [9.17, 15) is 4.79 Å². The molecule has 0 fully saturated rings. The minimum absolute atomic E-state index is 0.0676. The molecule has 0 amide bonds. The van der Waals surface area contributed by atoms with Crippen LogP contribution in [0, 0.1) is 0 Å². The lowest BCUT2D eigenvalue weighted by molar-refractivity contribution is 0.558. The van der Waals surface area contributed by atoms with Gasteiger partial charge in [-0.15, -0.1) is 0 Å². The van der Waals surface area contributed by atoms with Gasteiger partial charge in [0.25, 0.3) is 5.56 Å². The highest BCUT2D eigenvalue weighted by atomic mass is 16.1. The zero-order chi connectivity index (χ0) is 12.0. The van der Waals surface area contributed by atoms with Crippen LogP contribution in [-0.4, -0.2) is 4.98 Å². The summed E-state index contributed by atoms with van der Waals surface area (Å²) < 4.78 is 0. The van der Waals surface area contributed by atoms with E-state index in [1.54, 1.807) is 0 Å². The second-order valence-corrected chi connectivity index (χ2v) is 4.42. The van der Waals surface area contributed by atoms with Gasteiger partial charge in [-0.05, 0) is 36.8 Å². The molecule has 0 spiro atoms. The Morgan fingerprint density at radius 2 is 1.81 bits per heavy atom. The first-order valence-electron chi connectivity index (χ1n) is 6.44. The van der Waals surface area contributed by atoms with Crippen molar-refractivity contribution < 1.29 is 0 Å². The molecular formula is C14H23NO. The lowest BCUT2D eigenvalue weighted by atomic mass is 9.90. The number of aryl methyl sites for hydroxylation is 1. The van der Waals surface area contributed by atoms with E-state index in [-0.39, 0.29) is 5.56 Å². The predicted octanol–water partition coefficient (Wildman–Crippen LogP) is 3.62. The molecule has 0 atom stereocenters. The molecule has 0 bridgehead atoms. The SMILES string of the molecule is CCCC(CCC)c1c[nH]c(=O)c(CC)c1. The number of aromatic amines is 1. The minimum atomic E-state index is 0.0676. The largest absolute Gasteiger partial charge is 0.329 e. The van der Waals surface area contributed by atoms with Gasteiger partial charge in [0.2, 0.25) is 0 Å². The first kappa shape index (κ1) is 13.0. The van der Waals surface area contributed by atoms with Crippen LogP contribution < -0.4 is 5.56 Å². The van der Waals surface area contributed by atoms with E-state index in [4.69, 9.17) is 0 Å². The number of hydrogen-bond donors (Lipinski definition) is 1. The molecule has 0 aliphatic rings. The molecular weight excluding hydrogens is 198 g/mol. The van der Waals surface area contributed by atoms with Gasteiger partial charge in [-0.1, -0.05) is 33.6 Å². The standard InChI is InChI=1S/C14H23NO/c1-4-7-12(8-5-2)13-9-11(6-3)14(16)15-10-13/h9-10,12H,4-8H2,1-3H3,(H,15,16). The maximum atomic E-state index is 11.5. The van der Waals surface area contributed by atoms with Crippen molar-refractivity contribution in [3.8, 4) is 0 Å². The number of rotatable bonds is 6. The van der Waals surface area contributed by atoms with Crippen LogP contribution >= 0.6 is 0 Å². The van der Waals surface area contributed by atoms with Crippen LogP contribution in [0.4, 0.5) is 0 Å². The topological polar surface area (TPSA) is 32.9 Å². The summed E-state index contributed by atoms with van der Waals surface area (Å²) in [6.07, 6.45) is 7.54. The zero-order valence-corrected chi connectivity index (χ0v) is 10.7. The van der Waals surface area contributed by atoms with Crippen molar-refractivity contribution in [2.24, 2.45) is 0 Å². The molecule has 0 aromatic carbocycles. The monoisotopic (exact) mass is 221 g/mol. The van der Waals surface area contributed by atoms with Crippen LogP contribution in [0.25, 0.3) is 0 Å². The first-order chi connectivity index (χ1) is 7.72. The number of aromatic nitrogens is 1. The second-order valence-electron chi connectivity index (χ2n) is 4.42. The summed E-state index contributed by atoms with van der Waals surface area (Å²) in [7, 11) is 0. The van der Waals surface area contributed by atoms with Crippen LogP contribution in [0.1, 0.15) is 63.5 Å². The minimum Gasteiger partial charge on any atom is -0.329 e. The average molecular weight is 221 g/mol. The van der Waals surface area contributed by atoms with Crippen molar-refractivity contribution in [2.75, 3.05) is 0 Å². The van der Waals surface area contributed by atoms with Gasteiger partial charge in [0.05, 0.1) is 0 Å². The highest BCUT2D eigenvalue weighted by molar-refractivity contribution is 5.21. The summed E-state index contributed by atoms with van der Waals surface area (Å²) in [6, 6.07) is 2.09. The van der Waals surface area contributed by atoms with E-state index in [1.165, 1.54) is 31.2 Å². The third-order valence-electron chi connectivity index (χ3n) is 3.13. The Kier molecular flexibility index (Phi) is 5.30. The van der Waals surface area contributed by atoms with Crippen LogP contribution in [0.15, 0.2) is 17.1 Å². The molecule has 0 unspecified atom stereocenters. The number of H-pyrrole nitrogens is 1. The molecule has 0 aliphatic heterocycles. The summed E-state index contributed by atoms with van der Waals surface area (Å²) in [6.45, 7) is 6.47. The Labute approximate surface area is 98.1 Å². The quantitative estimate of drug-likeness (QED) is 0.782. The van der Waals surface area contributed by atoms with Gasteiger partial charge in [0.1, 0.15) is 0 Å². The fourth-order valence-corrected chi connectivity index (χ4v) is 2.22. The van der Waals surface area contributed by atoms with Gasteiger partial charge in [-0.25, -0.2) is 0 Å². The van der Waals surface area contributed by atoms with Gasteiger partial charge >= 0.3 is 0 Å². The summed E-state index contributed by atoms with van der Waals surface area (Å²) in [4.78, 5) is 14.3. The number of nitrogens with one attached hydrogen (secondary N) is 1. The fourth-order valence-electron chi connectivity index (χ4n) is 2.22. The molecule has 0 saturated carbocycles. The number of pyridine rings is 1. The molecule has 1 aromatic rings. The molecule has 0 radical (unpaired) electrons. The average Bonchev–Trinajstić information content (AvgIpc) is 2.29. The lowest BCUT2D eigenvalue weighted by Crippen LogP contribution is -2.13. The molecule has 2 nitrogen and oxygen atoms in total. The summed E-state index contributed by atoms with van der Waals surface area (Å²) >= 11 is 0. The molecule has 2 heteroatoms. The summed E-state index contributed by atoms with van der Waals surface area (Å²) in [5, 5.41) is 0. The highest BCUT2D eigenvalue weighted by Crippen LogP contribution is 2.25. The van der Waals surface area contributed by atoms with Crippen molar-refractivity contribution in [2.45, 2.75) is 58.8 Å². The van der Waals surface area contributed by atoms with E-state index in [0.717, 1.165) is 12.0 Å². The molecule has 0 saturated heterocycles. The maximum Gasteiger partial charge on any atom is 0.251 e. The predicted molar refractivity (Wildman–Crippen MR) is 69.0 cm³/mol. The van der Waals surface area contributed by atoms with Crippen LogP contribution in [0.2, 0.25) is 0 Å². The molecule has 1 aromatic heterocycles.